The lowest BCUT2D eigenvalue weighted by molar-refractivity contribution is 0.0542. The Bertz CT molecular complexity index is 1560. The van der Waals surface area contributed by atoms with Gasteiger partial charge in [-0.25, -0.2) is 22.7 Å². The zero-order chi connectivity index (χ0) is 30.8. The van der Waals surface area contributed by atoms with E-state index in [4.69, 9.17) is 14.2 Å². The number of rotatable bonds is 8. The number of aromatic nitrogens is 1. The number of nitrogens with one attached hydrogen (secondary N) is 1. The van der Waals surface area contributed by atoms with Gasteiger partial charge in [0.15, 0.2) is 0 Å². The molecule has 228 valence electrons. The molecule has 2 aromatic carbocycles. The van der Waals surface area contributed by atoms with Gasteiger partial charge in [0, 0.05) is 42.3 Å². The molecule has 2 atom stereocenters. The van der Waals surface area contributed by atoms with Gasteiger partial charge in [-0.2, -0.15) is 0 Å². The van der Waals surface area contributed by atoms with Crippen molar-refractivity contribution in [2.24, 2.45) is 0 Å². The van der Waals surface area contributed by atoms with Gasteiger partial charge in [-0.05, 0) is 82.9 Å². The van der Waals surface area contributed by atoms with E-state index < -0.39 is 27.7 Å². The fraction of sp³-hybridized carbons (Fsp3) is 0.484. The van der Waals surface area contributed by atoms with Crippen LogP contribution >= 0.6 is 0 Å². The number of fused-ring (bicyclic) bond motifs is 1. The number of aryl methyl sites for hydroxylation is 1. The van der Waals surface area contributed by atoms with Gasteiger partial charge in [0.1, 0.15) is 11.4 Å². The average Bonchev–Trinajstić information content (AvgIpc) is 3.40. The van der Waals surface area contributed by atoms with Crippen molar-refractivity contribution < 1.29 is 32.2 Å². The summed E-state index contributed by atoms with van der Waals surface area (Å²) in [5, 5.41) is 0.881. The molecular formula is C31H41N3O7S. The Hall–Kier alpha value is -3.41. The van der Waals surface area contributed by atoms with Crippen molar-refractivity contribution in [1.82, 2.24) is 14.2 Å². The molecule has 0 aliphatic carbocycles. The highest BCUT2D eigenvalue weighted by Crippen LogP contribution is 2.38. The lowest BCUT2D eigenvalue weighted by atomic mass is 9.90. The van der Waals surface area contributed by atoms with E-state index in [0.717, 1.165) is 27.6 Å². The van der Waals surface area contributed by atoms with Crippen LogP contribution in [0, 0.1) is 6.92 Å². The van der Waals surface area contributed by atoms with Crippen LogP contribution in [0.3, 0.4) is 0 Å². The zero-order valence-electron chi connectivity index (χ0n) is 25.4. The van der Waals surface area contributed by atoms with Crippen LogP contribution < -0.4 is 9.46 Å². The average molecular weight is 600 g/mol. The van der Waals surface area contributed by atoms with E-state index in [1.54, 1.807) is 32.4 Å². The Morgan fingerprint density at radius 3 is 2.38 bits per heavy atom. The quantitative estimate of drug-likeness (QED) is 0.353. The van der Waals surface area contributed by atoms with Crippen LogP contribution in [0.1, 0.15) is 73.6 Å². The number of piperidine rings is 1. The number of likely N-dealkylation sites (tertiary alicyclic amines) is 1. The molecule has 1 aliphatic rings. The van der Waals surface area contributed by atoms with E-state index in [1.807, 2.05) is 52.0 Å². The molecule has 0 spiro atoms. The number of carbonyl (C=O) groups is 2. The van der Waals surface area contributed by atoms with E-state index in [-0.39, 0.29) is 17.8 Å². The number of sulfonamides is 1. The zero-order valence-corrected chi connectivity index (χ0v) is 26.2. The number of esters is 1. The number of nitrogens with zero attached hydrogens (tertiary/aromatic N) is 2. The summed E-state index contributed by atoms with van der Waals surface area (Å²) in [5.41, 5.74) is 3.31. The molecule has 10 nitrogen and oxygen atoms in total. The third kappa shape index (κ3) is 6.96. The van der Waals surface area contributed by atoms with E-state index >= 15 is 0 Å². The van der Waals surface area contributed by atoms with Gasteiger partial charge in [0.25, 0.3) is 0 Å². The number of hydrogen-bond acceptors (Lipinski definition) is 8. The summed E-state index contributed by atoms with van der Waals surface area (Å²) < 4.78 is 45.5. The highest BCUT2D eigenvalue weighted by molar-refractivity contribution is 7.89. The monoisotopic (exact) mass is 599 g/mol. The summed E-state index contributed by atoms with van der Waals surface area (Å²) in [5.74, 6) is 0.297. The fourth-order valence-electron chi connectivity index (χ4n) is 5.53. The molecule has 1 aromatic heterocycles. The van der Waals surface area contributed by atoms with Gasteiger partial charge in [-0.1, -0.05) is 12.1 Å². The minimum absolute atomic E-state index is 0.0128. The van der Waals surface area contributed by atoms with Gasteiger partial charge >= 0.3 is 12.1 Å². The van der Waals surface area contributed by atoms with Gasteiger partial charge in [-0.15, -0.1) is 0 Å². The number of hydrogen-bond donors (Lipinski definition) is 1. The summed E-state index contributed by atoms with van der Waals surface area (Å²) in [6.45, 7) is 10.2. The second-order valence-electron chi connectivity index (χ2n) is 11.6. The SMILES string of the molecule is CCS(=O)(=O)N[C@H]1CCN(Cc2c(OC)cc(C)c3c2ccn3C(=O)OC(C)(C)C)[C@H](c2ccc(C(=O)OC)cc2)C1. The summed E-state index contributed by atoms with van der Waals surface area (Å²) in [4.78, 5) is 27.4. The van der Waals surface area contributed by atoms with E-state index in [0.29, 0.717) is 37.2 Å². The Morgan fingerprint density at radius 2 is 1.79 bits per heavy atom. The molecule has 42 heavy (non-hydrogen) atoms. The van der Waals surface area contributed by atoms with Crippen molar-refractivity contribution in [1.29, 1.82) is 0 Å². The van der Waals surface area contributed by atoms with Crippen molar-refractivity contribution in [3.05, 3.63) is 64.8 Å². The van der Waals surface area contributed by atoms with Gasteiger partial charge < -0.3 is 14.2 Å². The normalized spacial score (nSPS) is 18.2. The van der Waals surface area contributed by atoms with Gasteiger partial charge in [0.2, 0.25) is 10.0 Å². The predicted molar refractivity (Wildman–Crippen MR) is 161 cm³/mol. The van der Waals surface area contributed by atoms with Crippen LogP contribution in [0.4, 0.5) is 4.79 Å². The molecule has 0 radical (unpaired) electrons. The smallest absolute Gasteiger partial charge is 0.419 e. The topological polar surface area (TPSA) is 116 Å². The van der Waals surface area contributed by atoms with Gasteiger partial charge in [0.05, 0.1) is 31.1 Å². The molecule has 0 saturated carbocycles. The van der Waals surface area contributed by atoms with Crippen LogP contribution in [0.5, 0.6) is 5.75 Å². The van der Waals surface area contributed by atoms with E-state index in [2.05, 4.69) is 9.62 Å². The van der Waals surface area contributed by atoms with Crippen LogP contribution in [-0.2, 0) is 26.0 Å². The van der Waals surface area contributed by atoms with E-state index in [9.17, 15) is 18.0 Å². The Labute approximate surface area is 248 Å². The largest absolute Gasteiger partial charge is 0.496 e. The minimum atomic E-state index is -3.38. The van der Waals surface area contributed by atoms with Crippen LogP contribution in [0.15, 0.2) is 42.6 Å². The van der Waals surface area contributed by atoms with E-state index in [1.165, 1.54) is 11.7 Å². The number of carbonyl (C=O) groups excluding carboxylic acids is 2. The number of benzene rings is 2. The van der Waals surface area contributed by atoms with Crippen molar-refractivity contribution in [2.45, 2.75) is 71.7 Å². The van der Waals surface area contributed by atoms with Crippen molar-refractivity contribution in [3.63, 3.8) is 0 Å². The second kappa shape index (κ2) is 12.4. The molecule has 0 unspecified atom stereocenters. The first-order valence-corrected chi connectivity index (χ1v) is 15.7. The highest BCUT2D eigenvalue weighted by atomic mass is 32.2. The second-order valence-corrected chi connectivity index (χ2v) is 13.7. The Balaban J connectivity index is 1.74. The number of ether oxygens (including phenoxy) is 3. The summed E-state index contributed by atoms with van der Waals surface area (Å²) in [6, 6.07) is 10.7. The molecule has 0 amide bonds. The first-order chi connectivity index (χ1) is 19.8. The molecule has 1 saturated heterocycles. The first kappa shape index (κ1) is 31.5. The molecule has 4 rings (SSSR count). The molecule has 11 heteroatoms. The molecule has 3 aromatic rings. The molecule has 1 N–H and O–H groups in total. The Kier molecular flexibility index (Phi) is 9.34. The minimum Gasteiger partial charge on any atom is -0.496 e. The van der Waals surface area contributed by atoms with Crippen molar-refractivity contribution in [2.75, 3.05) is 26.5 Å². The maximum atomic E-state index is 13.1. The highest BCUT2D eigenvalue weighted by Gasteiger charge is 2.33. The maximum absolute atomic E-state index is 13.1. The van der Waals surface area contributed by atoms with Crippen LogP contribution in [0.25, 0.3) is 10.9 Å². The lowest BCUT2D eigenvalue weighted by Crippen LogP contribution is -2.46. The summed E-state index contributed by atoms with van der Waals surface area (Å²) >= 11 is 0. The van der Waals surface area contributed by atoms with Crippen LogP contribution in [-0.4, -0.2) is 68.1 Å². The lowest BCUT2D eigenvalue weighted by Gasteiger charge is -2.40. The standard InChI is InChI=1S/C31H41N3O7S/c1-8-42(37,38)32-23-13-15-33(26(18-23)21-9-11-22(12-10-21)29(35)40-7)19-25-24-14-16-34(30(36)41-31(3,4)5)28(24)20(2)17-27(25)39-6/h9-12,14,16-17,23,26,32H,8,13,15,18-19H2,1-7H3/t23-,26-/m0/s1. The molecule has 0 bridgehead atoms. The van der Waals surface area contributed by atoms with Crippen LogP contribution in [0.2, 0.25) is 0 Å². The summed E-state index contributed by atoms with van der Waals surface area (Å²) in [6.07, 6.45) is 2.45. The fourth-order valence-corrected chi connectivity index (χ4v) is 6.42. The Morgan fingerprint density at radius 1 is 1.10 bits per heavy atom. The van der Waals surface area contributed by atoms with Crippen molar-refractivity contribution in [3.8, 4) is 5.75 Å². The molecule has 1 fully saturated rings. The third-order valence-corrected chi connectivity index (χ3v) is 9.01. The first-order valence-electron chi connectivity index (χ1n) is 14.1. The van der Waals surface area contributed by atoms with Gasteiger partial charge in [-0.3, -0.25) is 9.47 Å². The summed E-state index contributed by atoms with van der Waals surface area (Å²) in [7, 11) is -0.410. The predicted octanol–water partition coefficient (Wildman–Crippen LogP) is 5.17. The number of methoxy groups -OCH3 is 2. The molecule has 1 aliphatic heterocycles. The van der Waals surface area contributed by atoms with Crippen molar-refractivity contribution >= 4 is 33.0 Å². The third-order valence-electron chi connectivity index (χ3n) is 7.56. The maximum Gasteiger partial charge on any atom is 0.419 e. The molecular weight excluding hydrogens is 558 g/mol. The molecule has 2 heterocycles.